The van der Waals surface area contributed by atoms with E-state index in [1.165, 1.54) is 0 Å². The Morgan fingerprint density at radius 3 is 2.85 bits per heavy atom. The number of hydrazine groups is 1. The lowest BCUT2D eigenvalue weighted by Crippen LogP contribution is -2.37. The number of aromatic nitrogens is 1. The summed E-state index contributed by atoms with van der Waals surface area (Å²) in [5, 5.41) is 9.59. The number of likely N-dealkylation sites (tertiary alicyclic amines) is 1. The maximum Gasteiger partial charge on any atom is 0.283 e. The molecule has 1 aromatic rings. The molecule has 1 aromatic heterocycles. The van der Waals surface area contributed by atoms with Gasteiger partial charge in [-0.05, 0) is 50.9 Å². The molecule has 2 heterocycles. The van der Waals surface area contributed by atoms with Crippen LogP contribution in [0.2, 0.25) is 0 Å². The fourth-order valence-corrected chi connectivity index (χ4v) is 2.59. The number of amides is 1. The van der Waals surface area contributed by atoms with Gasteiger partial charge in [0.2, 0.25) is 0 Å². The van der Waals surface area contributed by atoms with Crippen LogP contribution >= 0.6 is 0 Å². The van der Waals surface area contributed by atoms with E-state index in [0.717, 1.165) is 38.2 Å². The van der Waals surface area contributed by atoms with Crippen molar-refractivity contribution in [3.05, 3.63) is 29.6 Å². The summed E-state index contributed by atoms with van der Waals surface area (Å²) in [5.74, 6) is 5.13. The summed E-state index contributed by atoms with van der Waals surface area (Å²) in [6, 6.07) is 5.37. The highest BCUT2D eigenvalue weighted by Gasteiger charge is 2.22. The van der Waals surface area contributed by atoms with Gasteiger partial charge in [-0.3, -0.25) is 15.1 Å². The summed E-state index contributed by atoms with van der Waals surface area (Å²) in [7, 11) is 0. The number of aliphatic hydroxyl groups excluding tert-OH is 1. The number of nitrogen functional groups attached to an aromatic ring is 1. The Morgan fingerprint density at radius 2 is 2.25 bits per heavy atom. The molecule has 1 amide bonds. The lowest BCUT2D eigenvalue weighted by atomic mass is 9.92. The molecule has 1 unspecified atom stereocenters. The Morgan fingerprint density at radius 1 is 1.55 bits per heavy atom. The third-order valence-electron chi connectivity index (χ3n) is 3.87. The minimum absolute atomic E-state index is 0.230. The maximum absolute atomic E-state index is 11.4. The van der Waals surface area contributed by atoms with E-state index in [1.54, 1.807) is 6.07 Å². The van der Waals surface area contributed by atoms with Gasteiger partial charge in [0, 0.05) is 6.54 Å². The van der Waals surface area contributed by atoms with E-state index in [1.807, 2.05) is 19.1 Å². The largest absolute Gasteiger partial charge is 0.393 e. The van der Waals surface area contributed by atoms with Crippen molar-refractivity contribution >= 4 is 5.91 Å². The number of rotatable bonds is 4. The second-order valence-corrected chi connectivity index (χ2v) is 5.34. The first-order valence-electron chi connectivity index (χ1n) is 6.97. The molecule has 0 saturated carbocycles. The predicted molar refractivity (Wildman–Crippen MR) is 75.6 cm³/mol. The van der Waals surface area contributed by atoms with Crippen LogP contribution in [0.1, 0.15) is 35.9 Å². The van der Waals surface area contributed by atoms with E-state index in [-0.39, 0.29) is 12.0 Å². The number of nitrogens with one attached hydrogen (secondary N) is 1. The molecule has 0 aromatic carbocycles. The molecule has 110 valence electrons. The van der Waals surface area contributed by atoms with E-state index in [0.29, 0.717) is 11.6 Å². The van der Waals surface area contributed by atoms with Crippen molar-refractivity contribution in [3.63, 3.8) is 0 Å². The minimum atomic E-state index is -0.375. The molecular weight excluding hydrogens is 256 g/mol. The monoisotopic (exact) mass is 278 g/mol. The summed E-state index contributed by atoms with van der Waals surface area (Å²) in [4.78, 5) is 18.0. The van der Waals surface area contributed by atoms with Gasteiger partial charge in [0.1, 0.15) is 5.69 Å². The van der Waals surface area contributed by atoms with Gasteiger partial charge in [0.25, 0.3) is 5.91 Å². The third kappa shape index (κ3) is 3.75. The Balaban J connectivity index is 1.93. The normalized spacial score (nSPS) is 18.8. The van der Waals surface area contributed by atoms with Crippen molar-refractivity contribution < 1.29 is 9.90 Å². The molecular formula is C14H22N4O2. The van der Waals surface area contributed by atoms with Crippen molar-refractivity contribution in [2.24, 2.45) is 11.8 Å². The molecule has 1 aliphatic heterocycles. The molecule has 2 rings (SSSR count). The fraction of sp³-hybridized carbons (Fsp3) is 0.571. The van der Waals surface area contributed by atoms with E-state index in [9.17, 15) is 9.90 Å². The zero-order valence-corrected chi connectivity index (χ0v) is 11.7. The number of aliphatic hydroxyl groups is 1. The standard InChI is InChI=1S/C14H22N4O2/c1-10(19)11-5-7-18(8-6-11)9-12-3-2-4-13(16-12)14(20)17-15/h2-4,10-11,19H,5-9,15H2,1H3,(H,17,20). The number of hydrogen-bond donors (Lipinski definition) is 3. The molecule has 1 saturated heterocycles. The van der Waals surface area contributed by atoms with Gasteiger partial charge in [-0.2, -0.15) is 0 Å². The van der Waals surface area contributed by atoms with Crippen molar-refractivity contribution in [2.75, 3.05) is 13.1 Å². The van der Waals surface area contributed by atoms with Crippen LogP contribution in [0.5, 0.6) is 0 Å². The number of pyridine rings is 1. The van der Waals surface area contributed by atoms with Gasteiger partial charge in [-0.1, -0.05) is 6.07 Å². The van der Waals surface area contributed by atoms with Gasteiger partial charge in [-0.15, -0.1) is 0 Å². The second kappa shape index (κ2) is 6.78. The first-order valence-corrected chi connectivity index (χ1v) is 6.97. The zero-order chi connectivity index (χ0) is 14.5. The number of hydrogen-bond acceptors (Lipinski definition) is 5. The molecule has 0 radical (unpaired) electrons. The van der Waals surface area contributed by atoms with Gasteiger partial charge in [0.15, 0.2) is 0 Å². The molecule has 1 fully saturated rings. The van der Waals surface area contributed by atoms with Crippen molar-refractivity contribution in [1.82, 2.24) is 15.3 Å². The van der Waals surface area contributed by atoms with E-state index < -0.39 is 0 Å². The van der Waals surface area contributed by atoms with E-state index in [2.05, 4.69) is 15.3 Å². The minimum Gasteiger partial charge on any atom is -0.393 e. The van der Waals surface area contributed by atoms with Crippen LogP contribution in [0.15, 0.2) is 18.2 Å². The lowest BCUT2D eigenvalue weighted by Gasteiger charge is -2.33. The van der Waals surface area contributed by atoms with E-state index >= 15 is 0 Å². The summed E-state index contributed by atoms with van der Waals surface area (Å²) in [6.07, 6.45) is 1.77. The summed E-state index contributed by atoms with van der Waals surface area (Å²) < 4.78 is 0. The lowest BCUT2D eigenvalue weighted by molar-refractivity contribution is 0.0690. The van der Waals surface area contributed by atoms with Gasteiger partial charge in [-0.25, -0.2) is 10.8 Å². The van der Waals surface area contributed by atoms with Crippen LogP contribution in [0.25, 0.3) is 0 Å². The molecule has 20 heavy (non-hydrogen) atoms. The van der Waals surface area contributed by atoms with Crippen LogP contribution in [0.4, 0.5) is 0 Å². The SMILES string of the molecule is CC(O)C1CCN(Cc2cccc(C(=O)NN)n2)CC1. The highest BCUT2D eigenvalue weighted by atomic mass is 16.3. The number of piperidine rings is 1. The Labute approximate surface area is 119 Å². The quantitative estimate of drug-likeness (QED) is 0.418. The number of nitrogens with two attached hydrogens (primary N) is 1. The van der Waals surface area contributed by atoms with E-state index in [4.69, 9.17) is 5.84 Å². The first kappa shape index (κ1) is 14.9. The van der Waals surface area contributed by atoms with Crippen LogP contribution in [0, 0.1) is 5.92 Å². The van der Waals surface area contributed by atoms with Gasteiger partial charge in [0.05, 0.1) is 11.8 Å². The highest BCUT2D eigenvalue weighted by Crippen LogP contribution is 2.21. The molecule has 6 nitrogen and oxygen atoms in total. The third-order valence-corrected chi connectivity index (χ3v) is 3.87. The molecule has 1 aliphatic rings. The van der Waals surface area contributed by atoms with Crippen LogP contribution in [0.3, 0.4) is 0 Å². The molecule has 1 atom stereocenters. The predicted octanol–water partition coefficient (Wildman–Crippen LogP) is 0.278. The van der Waals surface area contributed by atoms with Crippen LogP contribution in [-0.2, 0) is 6.54 Å². The van der Waals surface area contributed by atoms with Gasteiger partial charge < -0.3 is 5.11 Å². The van der Waals surface area contributed by atoms with Crippen molar-refractivity contribution in [2.45, 2.75) is 32.4 Å². The second-order valence-electron chi connectivity index (χ2n) is 5.34. The maximum atomic E-state index is 11.4. The topological polar surface area (TPSA) is 91.5 Å². The average Bonchev–Trinajstić information content (AvgIpc) is 2.47. The highest BCUT2D eigenvalue weighted by molar-refractivity contribution is 5.91. The van der Waals surface area contributed by atoms with Crippen molar-refractivity contribution in [3.8, 4) is 0 Å². The fourth-order valence-electron chi connectivity index (χ4n) is 2.59. The number of carbonyl (C=O) groups excluding carboxylic acids is 1. The Kier molecular flexibility index (Phi) is 5.05. The molecule has 6 heteroatoms. The van der Waals surface area contributed by atoms with Crippen LogP contribution in [-0.4, -0.2) is 40.1 Å². The Hall–Kier alpha value is -1.50. The smallest absolute Gasteiger partial charge is 0.283 e. The summed E-state index contributed by atoms with van der Waals surface area (Å²) in [6.45, 7) is 4.48. The molecule has 0 spiro atoms. The molecule has 0 bridgehead atoms. The Bertz CT molecular complexity index is 456. The number of nitrogens with zero attached hydrogens (tertiary/aromatic N) is 2. The van der Waals surface area contributed by atoms with Gasteiger partial charge >= 0.3 is 0 Å². The first-order chi connectivity index (χ1) is 9.60. The molecule has 4 N–H and O–H groups in total. The zero-order valence-electron chi connectivity index (χ0n) is 11.7. The summed E-state index contributed by atoms with van der Waals surface area (Å²) in [5.41, 5.74) is 3.29. The average molecular weight is 278 g/mol. The molecule has 0 aliphatic carbocycles. The summed E-state index contributed by atoms with van der Waals surface area (Å²) >= 11 is 0. The van der Waals surface area contributed by atoms with Crippen molar-refractivity contribution in [1.29, 1.82) is 0 Å². The van der Waals surface area contributed by atoms with Crippen LogP contribution < -0.4 is 11.3 Å². The number of carbonyl (C=O) groups is 1.